The molecule has 0 bridgehead atoms. The Morgan fingerprint density at radius 3 is 2.25 bits per heavy atom. The van der Waals surface area contributed by atoms with Gasteiger partial charge in [0.2, 0.25) is 6.79 Å². The summed E-state index contributed by atoms with van der Waals surface area (Å²) in [5.41, 5.74) is 1.94. The Balaban J connectivity index is 1.58. The number of carbonyl (C=O) groups is 1. The molecule has 0 saturated heterocycles. The number of benzene rings is 2. The summed E-state index contributed by atoms with van der Waals surface area (Å²) in [6, 6.07) is 12.6. The predicted octanol–water partition coefficient (Wildman–Crippen LogP) is 4.19. The molecule has 1 aliphatic rings. The molecule has 0 radical (unpaired) electrons. The highest BCUT2D eigenvalue weighted by atomic mass is 35.5. The number of halogens is 1. The fourth-order valence-electron chi connectivity index (χ4n) is 2.54. The maximum Gasteiger partial charge on any atom is 0.315 e. The van der Waals surface area contributed by atoms with E-state index in [1.807, 2.05) is 56.3 Å². The van der Waals surface area contributed by atoms with Crippen molar-refractivity contribution in [3.63, 3.8) is 0 Å². The van der Waals surface area contributed by atoms with E-state index in [4.69, 9.17) is 21.1 Å². The van der Waals surface area contributed by atoms with Crippen molar-refractivity contribution in [1.82, 2.24) is 10.6 Å². The van der Waals surface area contributed by atoms with Gasteiger partial charge in [-0.1, -0.05) is 29.8 Å². The molecule has 2 amide bonds. The maximum absolute atomic E-state index is 12.2. The standard InChI is InChI=1S/C18H19ClN2O3/c1-11(13-3-6-15(19)7-4-13)20-18(22)21-12(2)14-5-8-16-17(9-14)24-10-23-16/h3-9,11-12H,10H2,1-2H3,(H2,20,21,22). The van der Waals surface area contributed by atoms with Crippen molar-refractivity contribution in [3.8, 4) is 11.5 Å². The Morgan fingerprint density at radius 1 is 0.958 bits per heavy atom. The van der Waals surface area contributed by atoms with Gasteiger partial charge >= 0.3 is 6.03 Å². The Labute approximate surface area is 145 Å². The molecule has 2 atom stereocenters. The molecule has 1 aliphatic heterocycles. The van der Waals surface area contributed by atoms with Gasteiger partial charge in [0, 0.05) is 5.02 Å². The monoisotopic (exact) mass is 346 g/mol. The van der Waals surface area contributed by atoms with Gasteiger partial charge in [-0.15, -0.1) is 0 Å². The summed E-state index contributed by atoms with van der Waals surface area (Å²) in [5, 5.41) is 6.52. The number of hydrogen-bond donors (Lipinski definition) is 2. The predicted molar refractivity (Wildman–Crippen MR) is 92.5 cm³/mol. The lowest BCUT2D eigenvalue weighted by Crippen LogP contribution is -2.38. The van der Waals surface area contributed by atoms with E-state index >= 15 is 0 Å². The van der Waals surface area contributed by atoms with Crippen LogP contribution in [0.5, 0.6) is 11.5 Å². The van der Waals surface area contributed by atoms with Crippen LogP contribution in [0.4, 0.5) is 4.79 Å². The second-order valence-electron chi connectivity index (χ2n) is 5.73. The molecule has 2 unspecified atom stereocenters. The van der Waals surface area contributed by atoms with Crippen LogP contribution < -0.4 is 20.1 Å². The first kappa shape index (κ1) is 16.5. The third-order valence-electron chi connectivity index (χ3n) is 3.96. The molecular formula is C18H19ClN2O3. The Bertz CT molecular complexity index is 734. The molecule has 2 N–H and O–H groups in total. The van der Waals surface area contributed by atoms with Gasteiger partial charge in [0.25, 0.3) is 0 Å². The van der Waals surface area contributed by atoms with E-state index in [0.29, 0.717) is 10.8 Å². The van der Waals surface area contributed by atoms with Gasteiger partial charge in [0.1, 0.15) is 0 Å². The highest BCUT2D eigenvalue weighted by Crippen LogP contribution is 2.34. The lowest BCUT2D eigenvalue weighted by molar-refractivity contribution is 0.174. The van der Waals surface area contributed by atoms with Crippen LogP contribution in [0, 0.1) is 0 Å². The minimum absolute atomic E-state index is 0.119. The number of fused-ring (bicyclic) bond motifs is 1. The first-order valence-corrected chi connectivity index (χ1v) is 8.13. The molecule has 0 aliphatic carbocycles. The Kier molecular flexibility index (Phi) is 4.81. The number of urea groups is 1. The third kappa shape index (κ3) is 3.74. The zero-order valence-electron chi connectivity index (χ0n) is 13.5. The Morgan fingerprint density at radius 2 is 1.54 bits per heavy atom. The zero-order valence-corrected chi connectivity index (χ0v) is 14.3. The van der Waals surface area contributed by atoms with E-state index in [9.17, 15) is 4.79 Å². The van der Waals surface area contributed by atoms with Crippen LogP contribution in [-0.2, 0) is 0 Å². The molecule has 24 heavy (non-hydrogen) atoms. The van der Waals surface area contributed by atoms with Crippen LogP contribution in [0.25, 0.3) is 0 Å². The maximum atomic E-state index is 12.2. The Hall–Kier alpha value is -2.40. The number of rotatable bonds is 4. The molecule has 3 rings (SSSR count). The summed E-state index contributed by atoms with van der Waals surface area (Å²) in [6.45, 7) is 4.08. The first-order chi connectivity index (χ1) is 11.5. The number of nitrogens with one attached hydrogen (secondary N) is 2. The molecule has 6 heteroatoms. The summed E-state index contributed by atoms with van der Waals surface area (Å²) in [7, 11) is 0. The van der Waals surface area contributed by atoms with E-state index in [2.05, 4.69) is 10.6 Å². The van der Waals surface area contributed by atoms with E-state index in [0.717, 1.165) is 16.9 Å². The second kappa shape index (κ2) is 7.01. The topological polar surface area (TPSA) is 59.6 Å². The van der Waals surface area contributed by atoms with Gasteiger partial charge in [0.15, 0.2) is 11.5 Å². The van der Waals surface area contributed by atoms with E-state index in [1.165, 1.54) is 0 Å². The van der Waals surface area contributed by atoms with E-state index < -0.39 is 0 Å². The van der Waals surface area contributed by atoms with Crippen LogP contribution in [0.1, 0.15) is 37.1 Å². The minimum Gasteiger partial charge on any atom is -0.454 e. The fourth-order valence-corrected chi connectivity index (χ4v) is 2.66. The molecule has 126 valence electrons. The summed E-state index contributed by atoms with van der Waals surface area (Å²) in [5.74, 6) is 1.43. The molecule has 5 nitrogen and oxygen atoms in total. The summed E-state index contributed by atoms with van der Waals surface area (Å²) >= 11 is 5.88. The average molecular weight is 347 g/mol. The number of hydrogen-bond acceptors (Lipinski definition) is 3. The molecule has 0 saturated carbocycles. The minimum atomic E-state index is -0.234. The molecule has 0 spiro atoms. The van der Waals surface area contributed by atoms with E-state index in [-0.39, 0.29) is 24.9 Å². The van der Waals surface area contributed by atoms with Gasteiger partial charge in [-0.05, 0) is 49.2 Å². The summed E-state index contributed by atoms with van der Waals surface area (Å²) in [4.78, 5) is 12.2. The quantitative estimate of drug-likeness (QED) is 0.872. The zero-order chi connectivity index (χ0) is 17.1. The molecular weight excluding hydrogens is 328 g/mol. The van der Waals surface area contributed by atoms with Crippen LogP contribution in [0.2, 0.25) is 5.02 Å². The SMILES string of the molecule is CC(NC(=O)NC(C)c1ccc2c(c1)OCO2)c1ccc(Cl)cc1. The lowest BCUT2D eigenvalue weighted by Gasteiger charge is -2.19. The van der Waals surface area contributed by atoms with Crippen LogP contribution >= 0.6 is 11.6 Å². The van der Waals surface area contributed by atoms with E-state index in [1.54, 1.807) is 0 Å². The molecule has 1 heterocycles. The second-order valence-corrected chi connectivity index (χ2v) is 6.16. The van der Waals surface area contributed by atoms with Crippen molar-refractivity contribution >= 4 is 17.6 Å². The van der Waals surface area contributed by atoms with Crippen LogP contribution in [0.3, 0.4) is 0 Å². The van der Waals surface area contributed by atoms with Crippen molar-refractivity contribution in [3.05, 3.63) is 58.6 Å². The number of ether oxygens (including phenoxy) is 2. The van der Waals surface area contributed by atoms with Gasteiger partial charge in [-0.25, -0.2) is 4.79 Å². The van der Waals surface area contributed by atoms with Gasteiger partial charge in [-0.2, -0.15) is 0 Å². The third-order valence-corrected chi connectivity index (χ3v) is 4.21. The van der Waals surface area contributed by atoms with Crippen molar-refractivity contribution in [2.45, 2.75) is 25.9 Å². The van der Waals surface area contributed by atoms with Crippen molar-refractivity contribution in [1.29, 1.82) is 0 Å². The smallest absolute Gasteiger partial charge is 0.315 e. The molecule has 0 fully saturated rings. The number of amides is 2. The highest BCUT2D eigenvalue weighted by Gasteiger charge is 2.17. The van der Waals surface area contributed by atoms with Gasteiger partial charge in [0.05, 0.1) is 12.1 Å². The fraction of sp³-hybridized carbons (Fsp3) is 0.278. The van der Waals surface area contributed by atoms with Crippen LogP contribution in [-0.4, -0.2) is 12.8 Å². The highest BCUT2D eigenvalue weighted by molar-refractivity contribution is 6.30. The van der Waals surface area contributed by atoms with Crippen LogP contribution in [0.15, 0.2) is 42.5 Å². The molecule has 0 aromatic heterocycles. The summed E-state index contributed by atoms with van der Waals surface area (Å²) in [6.07, 6.45) is 0. The average Bonchev–Trinajstić information content (AvgIpc) is 3.02. The largest absolute Gasteiger partial charge is 0.454 e. The van der Waals surface area contributed by atoms with Crippen molar-refractivity contribution in [2.24, 2.45) is 0 Å². The molecule has 2 aromatic rings. The normalized spacial score (nSPS) is 14.8. The van der Waals surface area contributed by atoms with Crippen molar-refractivity contribution in [2.75, 3.05) is 6.79 Å². The van der Waals surface area contributed by atoms with Crippen molar-refractivity contribution < 1.29 is 14.3 Å². The molecule has 2 aromatic carbocycles. The van der Waals surface area contributed by atoms with Gasteiger partial charge < -0.3 is 20.1 Å². The lowest BCUT2D eigenvalue weighted by atomic mass is 10.1. The summed E-state index contributed by atoms with van der Waals surface area (Å²) < 4.78 is 10.7. The van der Waals surface area contributed by atoms with Gasteiger partial charge in [-0.3, -0.25) is 0 Å². The number of carbonyl (C=O) groups excluding carboxylic acids is 1. The first-order valence-electron chi connectivity index (χ1n) is 7.75.